The summed E-state index contributed by atoms with van der Waals surface area (Å²) in [6, 6.07) is 19.3. The SMILES string of the molecule is O=C(Cc1ccc(O)cc1)N1CCN(S(=O)(=O)c2ccc3ccccc3c2)CC1. The molecule has 0 aromatic heterocycles. The molecule has 0 unspecified atom stereocenters. The number of rotatable bonds is 4. The van der Waals surface area contributed by atoms with Gasteiger partial charge in [-0.2, -0.15) is 4.31 Å². The summed E-state index contributed by atoms with van der Waals surface area (Å²) in [6.07, 6.45) is 0.234. The topological polar surface area (TPSA) is 77.9 Å². The number of sulfonamides is 1. The van der Waals surface area contributed by atoms with Crippen LogP contribution in [0.3, 0.4) is 0 Å². The number of fused-ring (bicyclic) bond motifs is 1. The van der Waals surface area contributed by atoms with E-state index in [0.29, 0.717) is 13.1 Å². The molecule has 29 heavy (non-hydrogen) atoms. The second kappa shape index (κ2) is 7.85. The Morgan fingerprint density at radius 1 is 0.862 bits per heavy atom. The highest BCUT2D eigenvalue weighted by Crippen LogP contribution is 2.23. The Balaban J connectivity index is 1.42. The normalized spacial score (nSPS) is 15.5. The molecule has 4 rings (SSSR count). The third kappa shape index (κ3) is 4.11. The lowest BCUT2D eigenvalue weighted by Crippen LogP contribution is -2.50. The van der Waals surface area contributed by atoms with Crippen molar-refractivity contribution in [3.63, 3.8) is 0 Å². The molecule has 0 spiro atoms. The van der Waals surface area contributed by atoms with Crippen LogP contribution in [0, 0.1) is 0 Å². The second-order valence-corrected chi connectivity index (χ2v) is 9.07. The molecule has 1 saturated heterocycles. The van der Waals surface area contributed by atoms with Crippen LogP contribution in [0.25, 0.3) is 10.8 Å². The van der Waals surface area contributed by atoms with Crippen LogP contribution in [0.5, 0.6) is 5.75 Å². The molecule has 1 amide bonds. The van der Waals surface area contributed by atoms with Crippen LogP contribution in [-0.2, 0) is 21.2 Å². The van der Waals surface area contributed by atoms with E-state index in [1.54, 1.807) is 41.3 Å². The summed E-state index contributed by atoms with van der Waals surface area (Å²) < 4.78 is 27.5. The molecular formula is C22H22N2O4S. The highest BCUT2D eigenvalue weighted by molar-refractivity contribution is 7.89. The van der Waals surface area contributed by atoms with Gasteiger partial charge in [0.05, 0.1) is 11.3 Å². The number of nitrogens with zero attached hydrogens (tertiary/aromatic N) is 2. The molecule has 6 nitrogen and oxygen atoms in total. The highest BCUT2D eigenvalue weighted by Gasteiger charge is 2.30. The Morgan fingerprint density at radius 2 is 1.52 bits per heavy atom. The largest absolute Gasteiger partial charge is 0.508 e. The van der Waals surface area contributed by atoms with Gasteiger partial charge in [0.15, 0.2) is 0 Å². The molecule has 0 aliphatic carbocycles. The predicted octanol–water partition coefficient (Wildman–Crippen LogP) is 2.62. The number of benzene rings is 3. The average molecular weight is 410 g/mol. The van der Waals surface area contributed by atoms with Crippen LogP contribution in [0.1, 0.15) is 5.56 Å². The van der Waals surface area contributed by atoms with Crippen molar-refractivity contribution in [2.75, 3.05) is 26.2 Å². The first kappa shape index (κ1) is 19.4. The number of carbonyl (C=O) groups excluding carboxylic acids is 1. The fourth-order valence-corrected chi connectivity index (χ4v) is 5.01. The summed E-state index contributed by atoms with van der Waals surface area (Å²) in [5.41, 5.74) is 0.819. The smallest absolute Gasteiger partial charge is 0.243 e. The van der Waals surface area contributed by atoms with Gasteiger partial charge in [0, 0.05) is 26.2 Å². The summed E-state index contributed by atoms with van der Waals surface area (Å²) >= 11 is 0. The lowest BCUT2D eigenvalue weighted by Gasteiger charge is -2.34. The Kier molecular flexibility index (Phi) is 5.25. The summed E-state index contributed by atoms with van der Waals surface area (Å²) in [5.74, 6) is 0.118. The zero-order valence-corrected chi connectivity index (χ0v) is 16.7. The molecule has 150 valence electrons. The van der Waals surface area contributed by atoms with E-state index >= 15 is 0 Å². The van der Waals surface area contributed by atoms with Gasteiger partial charge >= 0.3 is 0 Å². The van der Waals surface area contributed by atoms with E-state index in [1.165, 1.54) is 4.31 Å². The maximum Gasteiger partial charge on any atom is 0.243 e. The Labute approximate surface area is 170 Å². The molecule has 0 radical (unpaired) electrons. The number of hydrogen-bond acceptors (Lipinski definition) is 4. The van der Waals surface area contributed by atoms with Gasteiger partial charge in [-0.25, -0.2) is 8.42 Å². The molecule has 0 atom stereocenters. The molecule has 1 heterocycles. The van der Waals surface area contributed by atoms with Gasteiger partial charge in [0.25, 0.3) is 0 Å². The van der Waals surface area contributed by atoms with Gasteiger partial charge in [0.2, 0.25) is 15.9 Å². The number of amides is 1. The van der Waals surface area contributed by atoms with Crippen LogP contribution in [0.4, 0.5) is 0 Å². The average Bonchev–Trinajstić information content (AvgIpc) is 2.75. The number of aromatic hydroxyl groups is 1. The number of hydrogen-bond donors (Lipinski definition) is 1. The van der Waals surface area contributed by atoms with Gasteiger partial charge in [-0.1, -0.05) is 42.5 Å². The zero-order chi connectivity index (χ0) is 20.4. The summed E-state index contributed by atoms with van der Waals surface area (Å²) in [5, 5.41) is 11.2. The van der Waals surface area contributed by atoms with Crippen LogP contribution in [0.2, 0.25) is 0 Å². The van der Waals surface area contributed by atoms with Gasteiger partial charge in [-0.15, -0.1) is 0 Å². The quantitative estimate of drug-likeness (QED) is 0.717. The zero-order valence-electron chi connectivity index (χ0n) is 15.9. The molecule has 1 aliphatic heterocycles. The first-order chi connectivity index (χ1) is 13.9. The molecule has 7 heteroatoms. The number of piperazine rings is 1. The van der Waals surface area contributed by atoms with Crippen molar-refractivity contribution in [1.82, 2.24) is 9.21 Å². The Morgan fingerprint density at radius 3 is 2.21 bits per heavy atom. The lowest BCUT2D eigenvalue weighted by molar-refractivity contribution is -0.131. The van der Waals surface area contributed by atoms with Crippen molar-refractivity contribution in [3.05, 3.63) is 72.3 Å². The third-order valence-corrected chi connectivity index (χ3v) is 7.14. The van der Waals surface area contributed by atoms with Gasteiger partial charge in [-0.3, -0.25) is 4.79 Å². The summed E-state index contributed by atoms with van der Waals surface area (Å²) in [6.45, 7) is 1.28. The molecular weight excluding hydrogens is 388 g/mol. The molecule has 1 aliphatic rings. The van der Waals surface area contributed by atoms with Crippen molar-refractivity contribution in [3.8, 4) is 5.75 Å². The molecule has 1 fully saturated rings. The van der Waals surface area contributed by atoms with Crippen molar-refractivity contribution < 1.29 is 18.3 Å². The minimum absolute atomic E-state index is 0.0431. The maximum atomic E-state index is 13.0. The van der Waals surface area contributed by atoms with Crippen molar-refractivity contribution >= 4 is 26.7 Å². The van der Waals surface area contributed by atoms with Crippen molar-refractivity contribution in [2.45, 2.75) is 11.3 Å². The number of phenolic OH excluding ortho intramolecular Hbond substituents is 1. The maximum absolute atomic E-state index is 13.0. The van der Waals surface area contributed by atoms with E-state index in [4.69, 9.17) is 0 Å². The highest BCUT2D eigenvalue weighted by atomic mass is 32.2. The monoisotopic (exact) mass is 410 g/mol. The Hall–Kier alpha value is -2.90. The van der Waals surface area contributed by atoms with Crippen LogP contribution < -0.4 is 0 Å². The first-order valence-corrected chi connectivity index (χ1v) is 10.9. The number of carbonyl (C=O) groups is 1. The Bertz CT molecular complexity index is 1130. The van der Waals surface area contributed by atoms with E-state index < -0.39 is 10.0 Å². The third-order valence-electron chi connectivity index (χ3n) is 5.24. The first-order valence-electron chi connectivity index (χ1n) is 9.48. The van der Waals surface area contributed by atoms with E-state index in [1.807, 2.05) is 30.3 Å². The van der Waals surface area contributed by atoms with E-state index in [2.05, 4.69) is 0 Å². The van der Waals surface area contributed by atoms with Gasteiger partial charge in [0.1, 0.15) is 5.75 Å². The van der Waals surface area contributed by atoms with Crippen LogP contribution in [0.15, 0.2) is 71.6 Å². The molecule has 0 bridgehead atoms. The van der Waals surface area contributed by atoms with Crippen molar-refractivity contribution in [2.24, 2.45) is 0 Å². The van der Waals surface area contributed by atoms with E-state index in [0.717, 1.165) is 16.3 Å². The molecule has 0 saturated carbocycles. The minimum Gasteiger partial charge on any atom is -0.508 e. The predicted molar refractivity (Wildman–Crippen MR) is 111 cm³/mol. The van der Waals surface area contributed by atoms with Gasteiger partial charge in [-0.05, 0) is 40.6 Å². The second-order valence-electron chi connectivity index (χ2n) is 7.14. The van der Waals surface area contributed by atoms with Gasteiger partial charge < -0.3 is 10.0 Å². The molecule has 3 aromatic carbocycles. The molecule has 1 N–H and O–H groups in total. The van der Waals surface area contributed by atoms with Crippen LogP contribution >= 0.6 is 0 Å². The summed E-state index contributed by atoms with van der Waals surface area (Å²) in [7, 11) is -3.60. The van der Waals surface area contributed by atoms with E-state index in [9.17, 15) is 18.3 Å². The minimum atomic E-state index is -3.60. The summed E-state index contributed by atoms with van der Waals surface area (Å²) in [4.78, 5) is 14.5. The van der Waals surface area contributed by atoms with Crippen LogP contribution in [-0.4, -0.2) is 54.8 Å². The van der Waals surface area contributed by atoms with E-state index in [-0.39, 0.29) is 36.1 Å². The number of phenols is 1. The molecule has 3 aromatic rings. The van der Waals surface area contributed by atoms with Crippen molar-refractivity contribution in [1.29, 1.82) is 0 Å². The standard InChI is InChI=1S/C22H22N2O4S/c25-20-8-5-17(6-9-20)15-22(26)23-11-13-24(14-12-23)29(27,28)21-10-7-18-3-1-2-4-19(18)16-21/h1-10,16,25H,11-15H2. The fraction of sp³-hybridized carbons (Fsp3) is 0.227. The lowest BCUT2D eigenvalue weighted by atomic mass is 10.1. The fourth-order valence-electron chi connectivity index (χ4n) is 3.56.